The van der Waals surface area contributed by atoms with Crippen LogP contribution in [0.5, 0.6) is 11.5 Å². The van der Waals surface area contributed by atoms with Crippen LogP contribution in [0, 0.1) is 6.92 Å². The number of benzene rings is 3. The highest BCUT2D eigenvalue weighted by Crippen LogP contribution is 2.35. The molecular weight excluding hydrogens is 364 g/mol. The van der Waals surface area contributed by atoms with Crippen LogP contribution in [-0.4, -0.2) is 23.6 Å². The van der Waals surface area contributed by atoms with E-state index in [0.29, 0.717) is 27.2 Å². The molecule has 4 rings (SSSR count). The summed E-state index contributed by atoms with van der Waals surface area (Å²) in [6.07, 6.45) is 1.53. The third kappa shape index (κ3) is 2.82. The number of fused-ring (bicyclic) bond motifs is 2. The molecule has 136 valence electrons. The molecule has 0 unspecified atom stereocenters. The Morgan fingerprint density at radius 2 is 1.63 bits per heavy atom. The highest BCUT2D eigenvalue weighted by atomic mass is 32.2. The molecule has 0 aliphatic carbocycles. The summed E-state index contributed by atoms with van der Waals surface area (Å²) in [5.41, 5.74) is 1.07. The van der Waals surface area contributed by atoms with Gasteiger partial charge in [0.1, 0.15) is 11.5 Å². The van der Waals surface area contributed by atoms with Gasteiger partial charge in [0.05, 0.1) is 16.1 Å². The van der Waals surface area contributed by atoms with Crippen LogP contribution >= 0.6 is 0 Å². The van der Waals surface area contributed by atoms with E-state index in [0.717, 1.165) is 0 Å². The van der Waals surface area contributed by atoms with E-state index in [2.05, 4.69) is 9.71 Å². The molecule has 0 radical (unpaired) electrons. The van der Waals surface area contributed by atoms with E-state index in [1.54, 1.807) is 43.3 Å². The van der Waals surface area contributed by atoms with Gasteiger partial charge in [0.25, 0.3) is 10.0 Å². The third-order valence-corrected chi connectivity index (χ3v) is 5.85. The van der Waals surface area contributed by atoms with E-state index < -0.39 is 10.0 Å². The number of phenols is 2. The number of pyridine rings is 1. The van der Waals surface area contributed by atoms with Crippen molar-refractivity contribution in [2.75, 3.05) is 4.72 Å². The standard InChI is InChI=1S/C20H16N2O4S/c1-12-11-18(13-5-2-3-6-14(13)20(12)24)27(25,26)22-16-8-9-17(23)15-7-4-10-21-19(15)16/h2-11,22-24H,1H3. The molecule has 0 aliphatic heterocycles. The van der Waals surface area contributed by atoms with E-state index in [9.17, 15) is 18.6 Å². The van der Waals surface area contributed by atoms with Crippen LogP contribution in [0.25, 0.3) is 21.7 Å². The highest BCUT2D eigenvalue weighted by molar-refractivity contribution is 7.93. The fraction of sp³-hybridized carbons (Fsp3) is 0.0500. The second kappa shape index (κ2) is 6.14. The van der Waals surface area contributed by atoms with Crippen LogP contribution in [0.1, 0.15) is 5.56 Å². The summed E-state index contributed by atoms with van der Waals surface area (Å²) in [6.45, 7) is 1.65. The number of anilines is 1. The minimum atomic E-state index is -3.97. The van der Waals surface area contributed by atoms with Crippen molar-refractivity contribution in [3.8, 4) is 11.5 Å². The predicted molar refractivity (Wildman–Crippen MR) is 105 cm³/mol. The van der Waals surface area contributed by atoms with Gasteiger partial charge in [-0.25, -0.2) is 8.42 Å². The van der Waals surface area contributed by atoms with E-state index in [4.69, 9.17) is 0 Å². The van der Waals surface area contributed by atoms with Crippen LogP contribution in [-0.2, 0) is 10.0 Å². The molecule has 3 N–H and O–H groups in total. The Labute approximate surface area is 155 Å². The first-order valence-electron chi connectivity index (χ1n) is 8.19. The number of nitrogens with zero attached hydrogens (tertiary/aromatic N) is 1. The minimum Gasteiger partial charge on any atom is -0.507 e. The summed E-state index contributed by atoms with van der Waals surface area (Å²) in [5.74, 6) is 0.0771. The van der Waals surface area contributed by atoms with Crippen molar-refractivity contribution in [3.05, 3.63) is 66.4 Å². The molecule has 7 heteroatoms. The Bertz CT molecular complexity index is 1300. The van der Waals surface area contributed by atoms with Crippen molar-refractivity contribution < 1.29 is 18.6 Å². The Hall–Kier alpha value is -3.32. The topological polar surface area (TPSA) is 99.5 Å². The average molecular weight is 380 g/mol. The van der Waals surface area contributed by atoms with E-state index in [-0.39, 0.29) is 22.1 Å². The molecule has 0 spiro atoms. The van der Waals surface area contributed by atoms with Gasteiger partial charge in [-0.15, -0.1) is 0 Å². The van der Waals surface area contributed by atoms with Crippen molar-refractivity contribution in [2.24, 2.45) is 0 Å². The maximum Gasteiger partial charge on any atom is 0.262 e. The number of hydrogen-bond acceptors (Lipinski definition) is 5. The summed E-state index contributed by atoms with van der Waals surface area (Å²) in [5, 5.41) is 21.6. The molecule has 1 aromatic heterocycles. The molecule has 3 aromatic carbocycles. The summed E-state index contributed by atoms with van der Waals surface area (Å²) < 4.78 is 28.8. The molecule has 4 aromatic rings. The molecule has 0 atom stereocenters. The fourth-order valence-corrected chi connectivity index (χ4v) is 4.49. The summed E-state index contributed by atoms with van der Waals surface area (Å²) in [7, 11) is -3.97. The molecule has 0 saturated heterocycles. The third-order valence-electron chi connectivity index (χ3n) is 4.45. The van der Waals surface area contributed by atoms with Crippen LogP contribution in [0.2, 0.25) is 0 Å². The van der Waals surface area contributed by atoms with Gasteiger partial charge in [0.2, 0.25) is 0 Å². The lowest BCUT2D eigenvalue weighted by Crippen LogP contribution is -2.14. The lowest BCUT2D eigenvalue weighted by Gasteiger charge is -2.14. The summed E-state index contributed by atoms with van der Waals surface area (Å²) >= 11 is 0. The van der Waals surface area contributed by atoms with Gasteiger partial charge in [-0.3, -0.25) is 9.71 Å². The molecule has 0 saturated carbocycles. The zero-order chi connectivity index (χ0) is 19.2. The minimum absolute atomic E-state index is 0.0203. The van der Waals surface area contributed by atoms with Gasteiger partial charge in [-0.2, -0.15) is 0 Å². The average Bonchev–Trinajstić information content (AvgIpc) is 2.67. The number of sulfonamides is 1. The second-order valence-electron chi connectivity index (χ2n) is 6.22. The molecule has 0 amide bonds. The number of rotatable bonds is 3. The first-order valence-corrected chi connectivity index (χ1v) is 9.67. The smallest absolute Gasteiger partial charge is 0.262 e. The van der Waals surface area contributed by atoms with Crippen LogP contribution in [0.15, 0.2) is 65.7 Å². The van der Waals surface area contributed by atoms with E-state index >= 15 is 0 Å². The number of aromatic nitrogens is 1. The zero-order valence-corrected chi connectivity index (χ0v) is 15.2. The summed E-state index contributed by atoms with van der Waals surface area (Å²) in [4.78, 5) is 4.25. The number of phenolic OH excluding ortho intramolecular Hbond substituents is 2. The Morgan fingerprint density at radius 3 is 2.41 bits per heavy atom. The van der Waals surface area contributed by atoms with Crippen LogP contribution in [0.4, 0.5) is 5.69 Å². The largest absolute Gasteiger partial charge is 0.507 e. The van der Waals surface area contributed by atoms with Crippen molar-refractivity contribution in [3.63, 3.8) is 0 Å². The first-order chi connectivity index (χ1) is 12.9. The van der Waals surface area contributed by atoms with Crippen molar-refractivity contribution in [1.82, 2.24) is 4.98 Å². The second-order valence-corrected chi connectivity index (χ2v) is 7.87. The SMILES string of the molecule is Cc1cc(S(=O)(=O)Nc2ccc(O)c3cccnc23)c2ccccc2c1O. The molecule has 0 bridgehead atoms. The van der Waals surface area contributed by atoms with Crippen molar-refractivity contribution >= 4 is 37.4 Å². The zero-order valence-electron chi connectivity index (χ0n) is 14.3. The highest BCUT2D eigenvalue weighted by Gasteiger charge is 2.21. The Morgan fingerprint density at radius 1 is 0.926 bits per heavy atom. The van der Waals surface area contributed by atoms with Crippen molar-refractivity contribution in [2.45, 2.75) is 11.8 Å². The maximum absolute atomic E-state index is 13.1. The number of nitrogens with one attached hydrogen (secondary N) is 1. The molecule has 6 nitrogen and oxygen atoms in total. The molecular formula is C20H16N2O4S. The lowest BCUT2D eigenvalue weighted by molar-refractivity contribution is 0.477. The fourth-order valence-electron chi connectivity index (χ4n) is 3.12. The van der Waals surface area contributed by atoms with Crippen molar-refractivity contribution in [1.29, 1.82) is 0 Å². The summed E-state index contributed by atoms with van der Waals surface area (Å²) in [6, 6.07) is 14.4. The number of hydrogen-bond donors (Lipinski definition) is 3. The first kappa shape index (κ1) is 17.1. The van der Waals surface area contributed by atoms with Crippen LogP contribution < -0.4 is 4.72 Å². The monoisotopic (exact) mass is 380 g/mol. The Balaban J connectivity index is 1.91. The van der Waals surface area contributed by atoms with E-state index in [1.807, 2.05) is 0 Å². The molecule has 27 heavy (non-hydrogen) atoms. The quantitative estimate of drug-likeness (QED) is 0.468. The normalized spacial score (nSPS) is 11.7. The number of aryl methyl sites for hydroxylation is 1. The van der Waals surface area contributed by atoms with Gasteiger partial charge in [0.15, 0.2) is 0 Å². The van der Waals surface area contributed by atoms with E-state index in [1.165, 1.54) is 24.4 Å². The van der Waals surface area contributed by atoms with Crippen LogP contribution in [0.3, 0.4) is 0 Å². The Kier molecular flexibility index (Phi) is 3.89. The van der Waals surface area contributed by atoms with Gasteiger partial charge < -0.3 is 10.2 Å². The maximum atomic E-state index is 13.1. The molecule has 0 fully saturated rings. The molecule has 0 aliphatic rings. The predicted octanol–water partition coefficient (Wildman–Crippen LogP) is 3.91. The lowest BCUT2D eigenvalue weighted by atomic mass is 10.1. The van der Waals surface area contributed by atoms with Gasteiger partial charge in [0, 0.05) is 22.4 Å². The van der Waals surface area contributed by atoms with Gasteiger partial charge in [-0.05, 0) is 42.8 Å². The van der Waals surface area contributed by atoms with Gasteiger partial charge in [-0.1, -0.05) is 24.3 Å². The molecule has 1 heterocycles. The number of aromatic hydroxyl groups is 2. The van der Waals surface area contributed by atoms with Gasteiger partial charge >= 0.3 is 0 Å².